The van der Waals surface area contributed by atoms with E-state index in [-0.39, 0.29) is 24.3 Å². The number of rotatable bonds is 9. The van der Waals surface area contributed by atoms with Crippen LogP contribution in [0.1, 0.15) is 107 Å². The first-order chi connectivity index (χ1) is 29.2. The molecule has 2 aliphatic carbocycles. The molecule has 0 unspecified atom stereocenters. The minimum atomic E-state index is -0.531. The number of fused-ring (bicyclic) bond motifs is 2. The number of ether oxygens (including phenoxy) is 3. The Labute approximate surface area is 366 Å². The summed E-state index contributed by atoms with van der Waals surface area (Å²) in [4.78, 5) is 23.7. The molecule has 1 amide bonds. The van der Waals surface area contributed by atoms with E-state index in [0.717, 1.165) is 67.7 Å². The lowest BCUT2D eigenvalue weighted by Crippen LogP contribution is -2.34. The van der Waals surface area contributed by atoms with Crippen LogP contribution in [0.4, 0.5) is 4.79 Å². The van der Waals surface area contributed by atoms with Crippen LogP contribution in [-0.4, -0.2) is 33.9 Å². The van der Waals surface area contributed by atoms with Crippen LogP contribution in [0, 0.1) is 22.7 Å². The van der Waals surface area contributed by atoms with Crippen LogP contribution in [-0.2, 0) is 17.6 Å². The minimum Gasteiger partial charge on any atom is -0.490 e. The van der Waals surface area contributed by atoms with Crippen LogP contribution in [0.3, 0.4) is 0 Å². The molecule has 0 radical (unpaired) electrons. The van der Waals surface area contributed by atoms with Gasteiger partial charge in [-0.3, -0.25) is 0 Å². The standard InChI is InChI=1S/C27H29N3O3S.C22H21N3OS/c1-16(2)32-23-12-9-17(13-18(23)14-28)25-29-15-24(34-25)21-8-6-7-20-19(21)10-11-22(20)30-26(31)33-27(3,4)5;1-13(2)26-20-9-6-14(10-15(20)11-23)22-25-12-21(27-22)18-5-3-4-17-16(18)7-8-19(17)24/h6-9,12-13,15-16,22H,10-11H2,1-5H3,(H,30,31);3-6,9-10,12-13,19H,7-8,24H2,1-2H3/t22-;19-/m00/s1. The van der Waals surface area contributed by atoms with Gasteiger partial charge in [-0.25, -0.2) is 14.8 Å². The molecule has 12 heteroatoms. The van der Waals surface area contributed by atoms with Gasteiger partial charge < -0.3 is 25.3 Å². The van der Waals surface area contributed by atoms with Gasteiger partial charge in [0.1, 0.15) is 39.3 Å². The molecule has 4 aromatic carbocycles. The lowest BCUT2D eigenvalue weighted by atomic mass is 10.0. The number of aromatic nitrogens is 2. The molecule has 3 N–H and O–H groups in total. The summed E-state index contributed by atoms with van der Waals surface area (Å²) in [5.41, 5.74) is 15.9. The van der Waals surface area contributed by atoms with Crippen molar-refractivity contribution in [3.63, 3.8) is 0 Å². The lowest BCUT2D eigenvalue weighted by molar-refractivity contribution is 0.0503. The van der Waals surface area contributed by atoms with E-state index in [1.54, 1.807) is 22.7 Å². The highest BCUT2D eigenvalue weighted by Gasteiger charge is 2.29. The quantitative estimate of drug-likeness (QED) is 0.144. The lowest BCUT2D eigenvalue weighted by Gasteiger charge is -2.22. The maximum atomic E-state index is 12.3. The van der Waals surface area contributed by atoms with Crippen molar-refractivity contribution >= 4 is 28.8 Å². The number of hydrogen-bond donors (Lipinski definition) is 2. The number of amides is 1. The number of nitriles is 2. The van der Waals surface area contributed by atoms with E-state index in [4.69, 9.17) is 19.9 Å². The number of nitrogens with zero attached hydrogens (tertiary/aromatic N) is 4. The molecule has 0 fully saturated rings. The summed E-state index contributed by atoms with van der Waals surface area (Å²) in [6.07, 6.45) is 7.16. The molecule has 10 nitrogen and oxygen atoms in total. The monoisotopic (exact) mass is 850 g/mol. The van der Waals surface area contributed by atoms with Gasteiger partial charge in [0.05, 0.1) is 39.1 Å². The molecule has 6 aromatic rings. The first-order valence-electron chi connectivity index (χ1n) is 20.5. The van der Waals surface area contributed by atoms with Crippen molar-refractivity contribution in [3.05, 3.63) is 119 Å². The van der Waals surface area contributed by atoms with Crippen LogP contribution in [0.5, 0.6) is 11.5 Å². The molecule has 0 saturated carbocycles. The Morgan fingerprint density at radius 2 is 1.25 bits per heavy atom. The fourth-order valence-electron chi connectivity index (χ4n) is 7.68. The van der Waals surface area contributed by atoms with Gasteiger partial charge in [0.25, 0.3) is 0 Å². The zero-order valence-electron chi connectivity index (χ0n) is 35.5. The summed E-state index contributed by atoms with van der Waals surface area (Å²) in [5, 5.41) is 23.8. The zero-order chi connectivity index (χ0) is 43.4. The van der Waals surface area contributed by atoms with Crippen LogP contribution in [0.2, 0.25) is 0 Å². The van der Waals surface area contributed by atoms with Gasteiger partial charge in [-0.2, -0.15) is 10.5 Å². The molecule has 0 saturated heterocycles. The normalized spacial score (nSPS) is 15.3. The molecule has 8 rings (SSSR count). The van der Waals surface area contributed by atoms with Crippen molar-refractivity contribution < 1.29 is 19.0 Å². The molecule has 312 valence electrons. The summed E-state index contributed by atoms with van der Waals surface area (Å²) in [6.45, 7) is 13.4. The van der Waals surface area contributed by atoms with E-state index in [2.05, 4.69) is 57.8 Å². The molecular weight excluding hydrogens is 801 g/mol. The largest absolute Gasteiger partial charge is 0.490 e. The Hall–Kier alpha value is -6.05. The summed E-state index contributed by atoms with van der Waals surface area (Å²) >= 11 is 3.24. The van der Waals surface area contributed by atoms with Crippen molar-refractivity contribution in [1.29, 1.82) is 10.5 Å². The minimum absolute atomic E-state index is 0.00164. The van der Waals surface area contributed by atoms with E-state index in [9.17, 15) is 15.3 Å². The van der Waals surface area contributed by atoms with Crippen molar-refractivity contribution in [2.75, 3.05) is 0 Å². The molecule has 0 aliphatic heterocycles. The van der Waals surface area contributed by atoms with Crippen LogP contribution in [0.25, 0.3) is 42.0 Å². The predicted molar refractivity (Wildman–Crippen MR) is 243 cm³/mol. The number of hydrogen-bond acceptors (Lipinski definition) is 11. The number of benzene rings is 4. The third-order valence-corrected chi connectivity index (χ3v) is 12.4. The SMILES string of the molecule is CC(C)Oc1ccc(-c2ncc(-c3cccc4c3CC[C@@H]4N)s2)cc1C#N.CC(C)Oc1ccc(-c2ncc(-c3cccc4c3CC[C@@H]4NC(=O)OC(C)(C)C)s2)cc1C#N. The molecule has 0 bridgehead atoms. The first-order valence-corrected chi connectivity index (χ1v) is 22.2. The highest BCUT2D eigenvalue weighted by atomic mass is 32.1. The fourth-order valence-corrected chi connectivity index (χ4v) is 9.61. The highest BCUT2D eigenvalue weighted by Crippen LogP contribution is 2.43. The first kappa shape index (κ1) is 43.1. The van der Waals surface area contributed by atoms with Gasteiger partial charge in [-0.1, -0.05) is 36.4 Å². The maximum Gasteiger partial charge on any atom is 0.408 e. The summed E-state index contributed by atoms with van der Waals surface area (Å²) < 4.78 is 16.9. The van der Waals surface area contributed by atoms with Crippen LogP contribution in [0.15, 0.2) is 85.2 Å². The van der Waals surface area contributed by atoms with Crippen LogP contribution < -0.4 is 20.5 Å². The third-order valence-electron chi connectivity index (χ3n) is 10.2. The summed E-state index contributed by atoms with van der Waals surface area (Å²) in [7, 11) is 0. The zero-order valence-corrected chi connectivity index (χ0v) is 37.2. The number of nitrogens with one attached hydrogen (secondary N) is 1. The Morgan fingerprint density at radius 1 is 0.754 bits per heavy atom. The van der Waals surface area contributed by atoms with Crippen molar-refractivity contribution in [3.8, 4) is 65.7 Å². The number of carbonyl (C=O) groups excluding carboxylic acids is 1. The second-order valence-electron chi connectivity index (χ2n) is 16.7. The molecule has 2 heterocycles. The van der Waals surface area contributed by atoms with Gasteiger partial charge in [-0.05, 0) is 144 Å². The van der Waals surface area contributed by atoms with Crippen molar-refractivity contribution in [1.82, 2.24) is 15.3 Å². The van der Waals surface area contributed by atoms with Gasteiger partial charge >= 0.3 is 6.09 Å². The van der Waals surface area contributed by atoms with Gasteiger partial charge in [0.2, 0.25) is 0 Å². The van der Waals surface area contributed by atoms with E-state index in [0.29, 0.717) is 22.6 Å². The van der Waals surface area contributed by atoms with Crippen molar-refractivity contribution in [2.45, 2.75) is 104 Å². The van der Waals surface area contributed by atoms with Gasteiger partial charge in [0, 0.05) is 29.6 Å². The molecule has 2 aliphatic rings. The molecule has 2 aromatic heterocycles. The Morgan fingerprint density at radius 3 is 1.74 bits per heavy atom. The van der Waals surface area contributed by atoms with Crippen molar-refractivity contribution in [2.24, 2.45) is 5.73 Å². The summed E-state index contributed by atoms with van der Waals surface area (Å²) in [6, 6.07) is 28.4. The third kappa shape index (κ3) is 9.95. The van der Waals surface area contributed by atoms with Crippen LogP contribution >= 0.6 is 22.7 Å². The predicted octanol–water partition coefficient (Wildman–Crippen LogP) is 11.7. The summed E-state index contributed by atoms with van der Waals surface area (Å²) in [5.74, 6) is 1.20. The number of thiazole rings is 2. The maximum absolute atomic E-state index is 12.3. The van der Waals surface area contributed by atoms with Gasteiger partial charge in [-0.15, -0.1) is 22.7 Å². The van der Waals surface area contributed by atoms with Gasteiger partial charge in [0.15, 0.2) is 0 Å². The second kappa shape index (κ2) is 18.3. The number of nitrogens with two attached hydrogens (primary N) is 1. The Bertz CT molecular complexity index is 2640. The number of carbonyl (C=O) groups is 1. The average Bonchev–Trinajstić information content (AvgIpc) is 4.05. The van der Waals surface area contributed by atoms with E-state index >= 15 is 0 Å². The Kier molecular flexibility index (Phi) is 12.9. The molecular formula is C49H50N6O4S2. The highest BCUT2D eigenvalue weighted by molar-refractivity contribution is 7.18. The van der Waals surface area contributed by atoms with E-state index < -0.39 is 11.7 Å². The Balaban J connectivity index is 0.000000189. The molecule has 61 heavy (non-hydrogen) atoms. The fraction of sp³-hybridized carbons (Fsp3) is 0.327. The second-order valence-corrected chi connectivity index (χ2v) is 18.7. The number of alkyl carbamates (subject to hydrolysis) is 1. The van der Waals surface area contributed by atoms with E-state index in [1.165, 1.54) is 22.3 Å². The smallest absolute Gasteiger partial charge is 0.408 e. The van der Waals surface area contributed by atoms with E-state index in [1.807, 2.05) is 103 Å². The topological polar surface area (TPSA) is 156 Å². The molecule has 0 spiro atoms. The average molecular weight is 851 g/mol. The molecule has 2 atom stereocenters.